The van der Waals surface area contributed by atoms with Gasteiger partial charge in [0.15, 0.2) is 55.9 Å². The Morgan fingerprint density at radius 2 is 0.467 bits per heavy atom. The molecule has 60 heavy (non-hydrogen) atoms. The molecule has 0 aromatic heterocycles. The van der Waals surface area contributed by atoms with Gasteiger partial charge in [-0.25, -0.2) is 0 Å². The van der Waals surface area contributed by atoms with E-state index in [-0.39, 0.29) is 74.1 Å². The van der Waals surface area contributed by atoms with E-state index in [1.54, 1.807) is 0 Å². The van der Waals surface area contributed by atoms with Crippen molar-refractivity contribution in [1.29, 1.82) is 0 Å². The fraction of sp³-hybridized carbons (Fsp3) is 0.250. The molecule has 3 aliphatic rings. The predicted molar refractivity (Wildman–Crippen MR) is 245 cm³/mol. The van der Waals surface area contributed by atoms with E-state index in [1.165, 1.54) is 0 Å². The van der Waals surface area contributed by atoms with Gasteiger partial charge in [-0.15, -0.1) is 0 Å². The minimum absolute atomic E-state index is 0.205. The summed E-state index contributed by atoms with van der Waals surface area (Å²) in [5.41, 5.74) is 0. The summed E-state index contributed by atoms with van der Waals surface area (Å²) >= 11 is 0. The number of ether oxygens (including phenoxy) is 6. The number of benzene rings is 7. The van der Waals surface area contributed by atoms with Crippen LogP contribution in [0.2, 0.25) is 0 Å². The average molecular weight is 859 g/mol. The Morgan fingerprint density at radius 3 is 0.617 bits per heavy atom. The second-order valence-electron chi connectivity index (χ2n) is 14.7. The lowest BCUT2D eigenvalue weighted by atomic mass is 9.93. The van der Waals surface area contributed by atoms with Crippen molar-refractivity contribution in [2.24, 2.45) is 0 Å². The first-order valence-electron chi connectivity index (χ1n) is 20.7. The lowest BCUT2D eigenvalue weighted by Gasteiger charge is -2.26. The molecule has 0 spiro atoms. The van der Waals surface area contributed by atoms with E-state index in [0.717, 1.165) is 0 Å². The zero-order chi connectivity index (χ0) is 41.7. The topological polar surface area (TPSA) is 107 Å². The van der Waals surface area contributed by atoms with Crippen LogP contribution in [0, 0.1) is 0 Å². The number of hydrogen-bond acceptors (Lipinski definition) is 9. The van der Waals surface area contributed by atoms with Gasteiger partial charge in [0.05, 0.1) is 71.5 Å². The molecule has 0 fully saturated rings. The maximum absolute atomic E-state index is 17.2. The van der Waals surface area contributed by atoms with Crippen LogP contribution in [0.1, 0.15) is 41.5 Å². The van der Waals surface area contributed by atoms with Crippen LogP contribution in [0.3, 0.4) is 0 Å². The van der Waals surface area contributed by atoms with Crippen LogP contribution in [0.4, 0.5) is 0 Å². The zero-order valence-electron chi connectivity index (χ0n) is 34.4. The number of hydrogen-bond donors (Lipinski definition) is 0. The van der Waals surface area contributed by atoms with Gasteiger partial charge in [-0.2, -0.15) is 0 Å². The molecule has 3 aliphatic heterocycles. The number of rotatable bonds is 15. The maximum Gasteiger partial charge on any atom is 0.179 e. The fourth-order valence-corrected chi connectivity index (χ4v) is 19.9. The molecule has 0 amide bonds. The summed E-state index contributed by atoms with van der Waals surface area (Å²) in [5.74, 6) is 1.61. The van der Waals surface area contributed by atoms with E-state index in [9.17, 15) is 0 Å². The second-order valence-corrected chi connectivity index (χ2v) is 22.6. The summed E-state index contributed by atoms with van der Waals surface area (Å²) in [7, 11) is -12.0. The van der Waals surface area contributed by atoms with Crippen molar-refractivity contribution in [3.05, 3.63) is 91.0 Å². The van der Waals surface area contributed by atoms with Gasteiger partial charge in [-0.3, -0.25) is 0 Å². The lowest BCUT2D eigenvalue weighted by molar-refractivity contribution is 0.291. The Bertz CT molecular complexity index is 2590. The molecule has 0 aliphatic carbocycles. The summed E-state index contributed by atoms with van der Waals surface area (Å²) in [5, 5.41) is 8.08. The van der Waals surface area contributed by atoms with E-state index in [1.807, 2.05) is 133 Å². The zero-order valence-corrected chi connectivity index (χ0v) is 37.1. The molecule has 9 nitrogen and oxygen atoms in total. The molecule has 0 atom stereocenters. The van der Waals surface area contributed by atoms with Crippen LogP contribution in [0.25, 0.3) is 32.3 Å². The van der Waals surface area contributed by atoms with Gasteiger partial charge in [0.25, 0.3) is 0 Å². The monoisotopic (exact) mass is 858 g/mol. The van der Waals surface area contributed by atoms with Crippen molar-refractivity contribution in [3.63, 3.8) is 0 Å². The SMILES string of the molecule is CCOc1c(OCC)c2c3c4c1P(=O)(c1ccccc1)c1c(OCC)c(OCC)c5c(c14)c1c(c(OCC)c(OCC)c(c31)P2(=O)c1ccccc1)P5(=O)c1ccccc1. The van der Waals surface area contributed by atoms with Crippen LogP contribution < -0.4 is 76.2 Å². The van der Waals surface area contributed by atoms with E-state index in [4.69, 9.17) is 28.4 Å². The van der Waals surface area contributed by atoms with Crippen molar-refractivity contribution in [1.82, 2.24) is 0 Å². The highest BCUT2D eigenvalue weighted by molar-refractivity contribution is 7.90. The van der Waals surface area contributed by atoms with Crippen molar-refractivity contribution in [3.8, 4) is 34.5 Å². The molecule has 0 radical (unpaired) electrons. The summed E-state index contributed by atoms with van der Waals surface area (Å²) in [6.45, 7) is 12.5. The third-order valence-electron chi connectivity index (χ3n) is 11.8. The molecule has 0 unspecified atom stereocenters. The van der Waals surface area contributed by atoms with Gasteiger partial charge in [0.1, 0.15) is 0 Å². The van der Waals surface area contributed by atoms with Gasteiger partial charge in [-0.05, 0) is 41.5 Å². The van der Waals surface area contributed by atoms with Crippen LogP contribution in [-0.2, 0) is 13.7 Å². The first-order valence-corrected chi connectivity index (χ1v) is 25.9. The van der Waals surface area contributed by atoms with E-state index < -0.39 is 21.4 Å². The molecule has 306 valence electrons. The molecule has 10 rings (SSSR count). The van der Waals surface area contributed by atoms with Crippen LogP contribution in [-0.4, -0.2) is 39.6 Å². The highest BCUT2D eigenvalue weighted by Gasteiger charge is 2.59. The van der Waals surface area contributed by atoms with Gasteiger partial charge in [0, 0.05) is 48.2 Å². The van der Waals surface area contributed by atoms with Gasteiger partial charge >= 0.3 is 0 Å². The van der Waals surface area contributed by atoms with E-state index >= 15 is 13.7 Å². The highest BCUT2D eigenvalue weighted by Crippen LogP contribution is 2.70. The summed E-state index contributed by atoms with van der Waals surface area (Å²) in [4.78, 5) is 0. The second kappa shape index (κ2) is 14.2. The highest BCUT2D eigenvalue weighted by atomic mass is 31.2. The van der Waals surface area contributed by atoms with Crippen LogP contribution >= 0.6 is 21.4 Å². The molecule has 3 heterocycles. The molecular formula is C48H45O9P3. The molecule has 7 aromatic rings. The Balaban J connectivity index is 1.63. The van der Waals surface area contributed by atoms with Crippen molar-refractivity contribution >= 4 is 101 Å². The molecule has 7 aromatic carbocycles. The molecule has 0 saturated heterocycles. The first kappa shape index (κ1) is 39.0. The quantitative estimate of drug-likeness (QED) is 0.0771. The Hall–Kier alpha value is -5.19. The van der Waals surface area contributed by atoms with Gasteiger partial charge in [0.2, 0.25) is 0 Å². The van der Waals surface area contributed by atoms with Crippen molar-refractivity contribution < 1.29 is 42.1 Å². The summed E-state index contributed by atoms with van der Waals surface area (Å²) in [6.07, 6.45) is 0. The largest absolute Gasteiger partial charge is 0.489 e. The summed E-state index contributed by atoms with van der Waals surface area (Å²) < 4.78 is 92.1. The average Bonchev–Trinajstić information content (AvgIpc) is 3.83. The standard InChI is InChI=1S/C48H45O9P3/c1-7-52-37-38(53-8-2)44-32-31-33-35-36-34(32)46(59(44,50)29-24-18-14-19-25-29)41(56-11-5)42(57-12-6)48(36)60(51,30-26-20-15-21-27-30)47(35)40(55-10-4)39(54-9-3)45(33)58(49,43(31)37)28-22-16-13-17-23-28/h13-27H,7-12H2,1-6H3. The minimum atomic E-state index is -4.00. The predicted octanol–water partition coefficient (Wildman–Crippen LogP) is 7.40. The summed E-state index contributed by atoms with van der Waals surface area (Å²) in [6, 6.07) is 28.2. The smallest absolute Gasteiger partial charge is 0.179 e. The molecule has 0 bridgehead atoms. The minimum Gasteiger partial charge on any atom is -0.489 e. The normalized spacial score (nSPS) is 20.3. The van der Waals surface area contributed by atoms with Crippen LogP contribution in [0.15, 0.2) is 91.0 Å². The third-order valence-corrected chi connectivity index (χ3v) is 21.2. The fourth-order valence-electron chi connectivity index (χ4n) is 9.99. The van der Waals surface area contributed by atoms with Gasteiger partial charge in [-0.1, -0.05) is 91.0 Å². The Kier molecular flexibility index (Phi) is 9.22. The lowest BCUT2D eigenvalue weighted by Crippen LogP contribution is -2.29. The molecular weight excluding hydrogens is 813 g/mol. The van der Waals surface area contributed by atoms with Crippen molar-refractivity contribution in [2.75, 3.05) is 39.6 Å². The van der Waals surface area contributed by atoms with Crippen LogP contribution in [0.5, 0.6) is 34.5 Å². The first-order chi connectivity index (χ1) is 29.2. The Morgan fingerprint density at radius 1 is 0.300 bits per heavy atom. The molecule has 0 N–H and O–H groups in total. The third kappa shape index (κ3) is 4.64. The maximum atomic E-state index is 17.2. The van der Waals surface area contributed by atoms with Crippen molar-refractivity contribution in [2.45, 2.75) is 41.5 Å². The van der Waals surface area contributed by atoms with E-state index in [2.05, 4.69) is 0 Å². The Labute approximate surface area is 349 Å². The molecule has 12 heteroatoms. The molecule has 0 saturated carbocycles. The van der Waals surface area contributed by atoms with Gasteiger partial charge < -0.3 is 42.1 Å². The van der Waals surface area contributed by atoms with E-state index in [0.29, 0.717) is 80.1 Å².